The minimum atomic E-state index is -0.772. The summed E-state index contributed by atoms with van der Waals surface area (Å²) in [5, 5.41) is 0.356. The van der Waals surface area contributed by atoms with Crippen LogP contribution in [0.4, 0.5) is 0 Å². The molecular weight excluding hydrogens is 348 g/mol. The maximum absolute atomic E-state index is 12.7. The molecule has 6 heteroatoms. The van der Waals surface area contributed by atoms with Crippen molar-refractivity contribution in [2.24, 2.45) is 0 Å². The summed E-state index contributed by atoms with van der Waals surface area (Å²) in [5.74, 6) is 0.579. The van der Waals surface area contributed by atoms with Gasteiger partial charge in [-0.15, -0.1) is 0 Å². The van der Waals surface area contributed by atoms with Crippen LogP contribution in [0.1, 0.15) is 18.1 Å². The third kappa shape index (κ3) is 4.11. The largest absolute Gasteiger partial charge is 0.479 e. The Labute approximate surface area is 156 Å². The standard InChI is InChI=1S/C21H20O6/c1-12-7-13(2)9-16(8-12)27-19-11-25-18-10-15(5-6-17(18)20(19)22)26-14(3)21(23)24-4/h5-11,14H,1-4H3/t14-/m0/s1. The van der Waals surface area contributed by atoms with Crippen LogP contribution in [-0.4, -0.2) is 19.2 Å². The van der Waals surface area contributed by atoms with Gasteiger partial charge in [0.1, 0.15) is 23.3 Å². The van der Waals surface area contributed by atoms with E-state index in [1.54, 1.807) is 25.1 Å². The molecule has 0 unspecified atom stereocenters. The van der Waals surface area contributed by atoms with Gasteiger partial charge in [-0.2, -0.15) is 0 Å². The van der Waals surface area contributed by atoms with Gasteiger partial charge in [0, 0.05) is 6.07 Å². The molecule has 0 spiro atoms. The second kappa shape index (κ2) is 7.53. The highest BCUT2D eigenvalue weighted by Gasteiger charge is 2.16. The SMILES string of the molecule is COC(=O)[C@H](C)Oc1ccc2c(=O)c(Oc3cc(C)cc(C)c3)coc2c1. The smallest absolute Gasteiger partial charge is 0.346 e. The second-order valence-corrected chi connectivity index (χ2v) is 6.30. The molecule has 0 aliphatic rings. The molecule has 6 nitrogen and oxygen atoms in total. The van der Waals surface area contributed by atoms with Gasteiger partial charge in [-0.3, -0.25) is 4.79 Å². The third-order valence-electron chi connectivity index (χ3n) is 3.98. The van der Waals surface area contributed by atoms with Gasteiger partial charge in [-0.25, -0.2) is 4.79 Å². The summed E-state index contributed by atoms with van der Waals surface area (Å²) in [5.41, 5.74) is 2.12. The van der Waals surface area contributed by atoms with E-state index < -0.39 is 12.1 Å². The van der Waals surface area contributed by atoms with Crippen LogP contribution < -0.4 is 14.9 Å². The number of esters is 1. The van der Waals surface area contributed by atoms with Gasteiger partial charge in [-0.05, 0) is 56.2 Å². The molecule has 0 radical (unpaired) electrons. The quantitative estimate of drug-likeness (QED) is 0.630. The summed E-state index contributed by atoms with van der Waals surface area (Å²) in [4.78, 5) is 24.2. The molecule has 1 atom stereocenters. The zero-order chi connectivity index (χ0) is 19.6. The molecule has 2 aromatic carbocycles. The van der Waals surface area contributed by atoms with E-state index in [1.807, 2.05) is 32.0 Å². The fraction of sp³-hybridized carbons (Fsp3) is 0.238. The van der Waals surface area contributed by atoms with E-state index in [0.717, 1.165) is 11.1 Å². The first kappa shape index (κ1) is 18.5. The Morgan fingerprint density at radius 3 is 2.41 bits per heavy atom. The first-order valence-corrected chi connectivity index (χ1v) is 8.43. The van der Waals surface area contributed by atoms with Crippen LogP contribution in [0.2, 0.25) is 0 Å². The lowest BCUT2D eigenvalue weighted by atomic mass is 10.1. The average molecular weight is 368 g/mol. The first-order valence-electron chi connectivity index (χ1n) is 8.43. The van der Waals surface area contributed by atoms with Crippen LogP contribution in [0.15, 0.2) is 51.9 Å². The molecule has 0 amide bonds. The highest BCUT2D eigenvalue weighted by Crippen LogP contribution is 2.25. The molecule has 27 heavy (non-hydrogen) atoms. The number of hydrogen-bond donors (Lipinski definition) is 0. The van der Waals surface area contributed by atoms with E-state index in [0.29, 0.717) is 22.5 Å². The Hall–Kier alpha value is -3.28. The molecule has 0 saturated carbocycles. The Balaban J connectivity index is 1.90. The van der Waals surface area contributed by atoms with Crippen molar-refractivity contribution in [3.63, 3.8) is 0 Å². The lowest BCUT2D eigenvalue weighted by molar-refractivity contribution is -0.147. The number of benzene rings is 2. The highest BCUT2D eigenvalue weighted by molar-refractivity contribution is 5.79. The number of methoxy groups -OCH3 is 1. The molecule has 0 N–H and O–H groups in total. The van der Waals surface area contributed by atoms with Crippen LogP contribution >= 0.6 is 0 Å². The molecule has 0 fully saturated rings. The number of carbonyl (C=O) groups is 1. The number of aryl methyl sites for hydroxylation is 2. The van der Waals surface area contributed by atoms with Crippen LogP contribution in [0.25, 0.3) is 11.0 Å². The van der Waals surface area contributed by atoms with E-state index in [-0.39, 0.29) is 11.2 Å². The molecule has 1 aromatic heterocycles. The fourth-order valence-corrected chi connectivity index (χ4v) is 2.77. The summed E-state index contributed by atoms with van der Waals surface area (Å²) in [6.07, 6.45) is 0.502. The Morgan fingerprint density at radius 1 is 1.04 bits per heavy atom. The van der Waals surface area contributed by atoms with Gasteiger partial charge in [0.2, 0.25) is 11.2 Å². The molecule has 140 valence electrons. The van der Waals surface area contributed by atoms with Crippen molar-refractivity contribution in [3.05, 3.63) is 64.0 Å². The van der Waals surface area contributed by atoms with Crippen LogP contribution in [-0.2, 0) is 9.53 Å². The van der Waals surface area contributed by atoms with Gasteiger partial charge in [-0.1, -0.05) is 6.07 Å². The lowest BCUT2D eigenvalue weighted by Gasteiger charge is -2.12. The minimum absolute atomic E-state index is 0.101. The molecule has 0 saturated heterocycles. The summed E-state index contributed by atoms with van der Waals surface area (Å²) in [6, 6.07) is 10.4. The third-order valence-corrected chi connectivity index (χ3v) is 3.98. The van der Waals surface area contributed by atoms with E-state index in [2.05, 4.69) is 4.74 Å². The van der Waals surface area contributed by atoms with Crippen molar-refractivity contribution in [2.45, 2.75) is 26.9 Å². The van der Waals surface area contributed by atoms with Crippen molar-refractivity contribution in [2.75, 3.05) is 7.11 Å². The molecule has 3 rings (SSSR count). The molecule has 0 bridgehead atoms. The topological polar surface area (TPSA) is 75.0 Å². The zero-order valence-electron chi connectivity index (χ0n) is 15.6. The van der Waals surface area contributed by atoms with Crippen LogP contribution in [0, 0.1) is 13.8 Å². The van der Waals surface area contributed by atoms with Crippen molar-refractivity contribution in [1.29, 1.82) is 0 Å². The van der Waals surface area contributed by atoms with Crippen LogP contribution in [0.5, 0.6) is 17.2 Å². The Kier molecular flexibility index (Phi) is 5.16. The highest BCUT2D eigenvalue weighted by atomic mass is 16.6. The number of fused-ring (bicyclic) bond motifs is 1. The maximum atomic E-state index is 12.7. The maximum Gasteiger partial charge on any atom is 0.346 e. The zero-order valence-corrected chi connectivity index (χ0v) is 15.6. The van der Waals surface area contributed by atoms with Crippen molar-refractivity contribution in [1.82, 2.24) is 0 Å². The lowest BCUT2D eigenvalue weighted by Crippen LogP contribution is -2.24. The van der Waals surface area contributed by atoms with Crippen molar-refractivity contribution < 1.29 is 23.4 Å². The second-order valence-electron chi connectivity index (χ2n) is 6.30. The number of hydrogen-bond acceptors (Lipinski definition) is 6. The molecule has 0 aliphatic heterocycles. The normalized spacial score (nSPS) is 11.9. The Morgan fingerprint density at radius 2 is 1.74 bits per heavy atom. The minimum Gasteiger partial charge on any atom is -0.479 e. The predicted molar refractivity (Wildman–Crippen MR) is 101 cm³/mol. The summed E-state index contributed by atoms with van der Waals surface area (Å²) >= 11 is 0. The van der Waals surface area contributed by atoms with Gasteiger partial charge < -0.3 is 18.6 Å². The van der Waals surface area contributed by atoms with E-state index >= 15 is 0 Å². The fourth-order valence-electron chi connectivity index (χ4n) is 2.77. The van der Waals surface area contributed by atoms with Crippen LogP contribution in [0.3, 0.4) is 0 Å². The number of carbonyl (C=O) groups excluding carboxylic acids is 1. The monoisotopic (exact) mass is 368 g/mol. The predicted octanol–water partition coefficient (Wildman–Crippen LogP) is 4.14. The number of ether oxygens (including phenoxy) is 3. The summed E-state index contributed by atoms with van der Waals surface area (Å²) in [7, 11) is 1.29. The first-order chi connectivity index (χ1) is 12.9. The van der Waals surface area contributed by atoms with Gasteiger partial charge in [0.25, 0.3) is 0 Å². The van der Waals surface area contributed by atoms with Gasteiger partial charge in [0.05, 0.1) is 12.5 Å². The molecule has 3 aromatic rings. The summed E-state index contributed by atoms with van der Waals surface area (Å²) < 4.78 is 21.4. The average Bonchev–Trinajstić information content (AvgIpc) is 2.62. The Bertz CT molecular complexity index is 1030. The van der Waals surface area contributed by atoms with Gasteiger partial charge in [0.15, 0.2) is 6.10 Å². The number of rotatable bonds is 5. The van der Waals surface area contributed by atoms with E-state index in [1.165, 1.54) is 13.4 Å². The van der Waals surface area contributed by atoms with Crippen molar-refractivity contribution >= 4 is 16.9 Å². The molecule has 1 heterocycles. The van der Waals surface area contributed by atoms with Gasteiger partial charge >= 0.3 is 5.97 Å². The molecule has 0 aliphatic carbocycles. The van der Waals surface area contributed by atoms with Crippen molar-refractivity contribution in [3.8, 4) is 17.2 Å². The summed E-state index contributed by atoms with van der Waals surface area (Å²) in [6.45, 7) is 5.49. The molecular formula is C21H20O6. The van der Waals surface area contributed by atoms with E-state index in [4.69, 9.17) is 13.9 Å². The van der Waals surface area contributed by atoms with E-state index in [9.17, 15) is 9.59 Å².